The summed E-state index contributed by atoms with van der Waals surface area (Å²) in [6.07, 6.45) is 0. The van der Waals surface area contributed by atoms with Gasteiger partial charge in [-0.2, -0.15) is 0 Å². The van der Waals surface area contributed by atoms with Gasteiger partial charge in [0.15, 0.2) is 0 Å². The molecule has 0 amide bonds. The van der Waals surface area contributed by atoms with Gasteiger partial charge in [-0.15, -0.1) is 0 Å². The minimum atomic E-state index is -0.337. The fraction of sp³-hybridized carbons (Fsp3) is 0.133. The van der Waals surface area contributed by atoms with E-state index in [1.807, 2.05) is 25.1 Å². The Hall–Kier alpha value is -1.46. The number of hydrogen-bond donors (Lipinski definition) is 1. The molecule has 0 heterocycles. The molecule has 2 nitrogen and oxygen atoms in total. The molecule has 5 heteroatoms. The lowest BCUT2D eigenvalue weighted by Crippen LogP contribution is -2.13. The fourth-order valence-electron chi connectivity index (χ4n) is 1.79. The second-order valence-corrected chi connectivity index (χ2v) is 5.66. The van der Waals surface area contributed by atoms with Gasteiger partial charge in [-0.1, -0.05) is 28.1 Å². The number of hydrogen-bond acceptors (Lipinski definition) is 2. The van der Waals surface area contributed by atoms with Crippen LogP contribution in [0.2, 0.25) is 0 Å². The molecule has 20 heavy (non-hydrogen) atoms. The van der Waals surface area contributed by atoms with Crippen LogP contribution in [0.25, 0.3) is 0 Å². The maximum atomic E-state index is 13.3. The first-order chi connectivity index (χ1) is 9.47. The van der Waals surface area contributed by atoms with Crippen molar-refractivity contribution in [3.8, 4) is 5.75 Å². The summed E-state index contributed by atoms with van der Waals surface area (Å²) in [6.45, 7) is 2.19. The van der Waals surface area contributed by atoms with Crippen LogP contribution < -0.4 is 10.5 Å². The predicted octanol–water partition coefficient (Wildman–Crippen LogP) is 4.11. The van der Waals surface area contributed by atoms with E-state index in [0.29, 0.717) is 16.9 Å². The first-order valence-electron chi connectivity index (χ1n) is 5.94. The molecule has 0 spiro atoms. The third-order valence-corrected chi connectivity index (χ3v) is 3.97. The molecule has 0 saturated heterocycles. The van der Waals surface area contributed by atoms with Crippen LogP contribution in [0.15, 0.2) is 40.9 Å². The molecule has 0 aliphatic heterocycles. The summed E-state index contributed by atoms with van der Waals surface area (Å²) in [4.78, 5) is 0.232. The molecule has 2 aromatic carbocycles. The molecule has 0 aromatic heterocycles. The van der Waals surface area contributed by atoms with Crippen molar-refractivity contribution in [1.29, 1.82) is 0 Å². The highest BCUT2D eigenvalue weighted by molar-refractivity contribution is 9.10. The largest absolute Gasteiger partial charge is 0.489 e. The average molecular weight is 354 g/mol. The van der Waals surface area contributed by atoms with Crippen molar-refractivity contribution in [2.75, 3.05) is 0 Å². The molecular weight excluding hydrogens is 341 g/mol. The van der Waals surface area contributed by atoms with Crippen molar-refractivity contribution in [2.45, 2.75) is 13.5 Å². The molecule has 0 radical (unpaired) electrons. The summed E-state index contributed by atoms with van der Waals surface area (Å²) in [5, 5.41) is 0. The molecule has 104 valence electrons. The molecule has 2 N–H and O–H groups in total. The molecular formula is C15H13BrFNOS. The number of rotatable bonds is 4. The normalized spacial score (nSPS) is 10.3. The van der Waals surface area contributed by atoms with Gasteiger partial charge in [-0.3, -0.25) is 0 Å². The summed E-state index contributed by atoms with van der Waals surface area (Å²) >= 11 is 8.38. The van der Waals surface area contributed by atoms with E-state index in [-0.39, 0.29) is 17.4 Å². The zero-order valence-corrected chi connectivity index (χ0v) is 13.2. The summed E-state index contributed by atoms with van der Waals surface area (Å²) in [6, 6.07) is 9.95. The Morgan fingerprint density at radius 3 is 2.70 bits per heavy atom. The van der Waals surface area contributed by atoms with E-state index in [2.05, 4.69) is 15.9 Å². The lowest BCUT2D eigenvalue weighted by molar-refractivity contribution is 0.305. The van der Waals surface area contributed by atoms with Gasteiger partial charge in [0.25, 0.3) is 0 Å². The molecule has 0 bridgehead atoms. The van der Waals surface area contributed by atoms with Crippen LogP contribution in [0, 0.1) is 12.7 Å². The lowest BCUT2D eigenvalue weighted by Gasteiger charge is -2.11. The first kappa shape index (κ1) is 14.9. The predicted molar refractivity (Wildman–Crippen MR) is 85.5 cm³/mol. The van der Waals surface area contributed by atoms with Gasteiger partial charge in [0.1, 0.15) is 23.2 Å². The quantitative estimate of drug-likeness (QED) is 0.840. The highest BCUT2D eigenvalue weighted by Gasteiger charge is 2.08. The van der Waals surface area contributed by atoms with Gasteiger partial charge in [0.05, 0.1) is 0 Å². The van der Waals surface area contributed by atoms with Crippen LogP contribution >= 0.6 is 28.1 Å². The van der Waals surface area contributed by atoms with Crippen LogP contribution in [-0.2, 0) is 6.61 Å². The number of nitrogens with two attached hydrogens (primary N) is 1. The zero-order chi connectivity index (χ0) is 14.7. The number of thiocarbonyl (C=S) groups is 1. The minimum Gasteiger partial charge on any atom is -0.489 e. The van der Waals surface area contributed by atoms with E-state index in [4.69, 9.17) is 22.7 Å². The molecule has 2 aromatic rings. The lowest BCUT2D eigenvalue weighted by atomic mass is 10.1. The topological polar surface area (TPSA) is 35.2 Å². The van der Waals surface area contributed by atoms with Crippen molar-refractivity contribution in [3.05, 3.63) is 63.4 Å². The van der Waals surface area contributed by atoms with E-state index in [9.17, 15) is 4.39 Å². The van der Waals surface area contributed by atoms with Gasteiger partial charge < -0.3 is 10.5 Å². The monoisotopic (exact) mass is 353 g/mol. The van der Waals surface area contributed by atoms with E-state index in [1.54, 1.807) is 6.07 Å². The Balaban J connectivity index is 2.20. The number of benzene rings is 2. The summed E-state index contributed by atoms with van der Waals surface area (Å²) in [5.41, 5.74) is 7.96. The maximum absolute atomic E-state index is 13.3. The van der Waals surface area contributed by atoms with Crippen molar-refractivity contribution in [3.63, 3.8) is 0 Å². The van der Waals surface area contributed by atoms with Crippen LogP contribution in [0.4, 0.5) is 4.39 Å². The van der Waals surface area contributed by atoms with E-state index >= 15 is 0 Å². The Morgan fingerprint density at radius 1 is 1.30 bits per heavy atom. The smallest absolute Gasteiger partial charge is 0.123 e. The maximum Gasteiger partial charge on any atom is 0.123 e. The first-order valence-corrected chi connectivity index (χ1v) is 7.14. The van der Waals surface area contributed by atoms with E-state index < -0.39 is 0 Å². The molecule has 0 fully saturated rings. The van der Waals surface area contributed by atoms with Gasteiger partial charge in [-0.25, -0.2) is 4.39 Å². The molecule has 2 rings (SSSR count). The Labute approximate surface area is 130 Å². The summed E-state index contributed by atoms with van der Waals surface area (Å²) in [5.74, 6) is 0.374. The number of aryl methyl sites for hydroxylation is 1. The Bertz CT molecular complexity index is 660. The van der Waals surface area contributed by atoms with Crippen LogP contribution in [0.1, 0.15) is 16.7 Å². The standard InChI is InChI=1S/C15H13BrFNOS/c1-9-6-12(3-5-14(9)16)19-8-10-7-11(17)2-4-13(10)15(18)20/h2-7H,8H2,1H3,(H2,18,20). The van der Waals surface area contributed by atoms with Crippen molar-refractivity contribution in [2.24, 2.45) is 5.73 Å². The summed E-state index contributed by atoms with van der Waals surface area (Å²) in [7, 11) is 0. The highest BCUT2D eigenvalue weighted by atomic mass is 79.9. The molecule has 0 saturated carbocycles. The molecule has 0 aliphatic carbocycles. The van der Waals surface area contributed by atoms with Gasteiger partial charge in [-0.05, 0) is 48.9 Å². The van der Waals surface area contributed by atoms with Crippen molar-refractivity contribution < 1.29 is 9.13 Å². The van der Waals surface area contributed by atoms with Gasteiger partial charge in [0.2, 0.25) is 0 Å². The van der Waals surface area contributed by atoms with Crippen molar-refractivity contribution in [1.82, 2.24) is 0 Å². The Kier molecular flexibility index (Phi) is 4.73. The molecule has 0 aliphatic rings. The van der Waals surface area contributed by atoms with Gasteiger partial charge >= 0.3 is 0 Å². The van der Waals surface area contributed by atoms with Crippen LogP contribution in [0.5, 0.6) is 5.75 Å². The zero-order valence-electron chi connectivity index (χ0n) is 10.8. The summed E-state index contributed by atoms with van der Waals surface area (Å²) < 4.78 is 20.0. The van der Waals surface area contributed by atoms with Crippen LogP contribution in [-0.4, -0.2) is 4.99 Å². The third-order valence-electron chi connectivity index (χ3n) is 2.86. The Morgan fingerprint density at radius 2 is 2.05 bits per heavy atom. The second kappa shape index (κ2) is 6.33. The number of halogens is 2. The molecule has 0 unspecified atom stereocenters. The van der Waals surface area contributed by atoms with E-state index in [1.165, 1.54) is 12.1 Å². The minimum absolute atomic E-state index is 0.214. The number of ether oxygens (including phenoxy) is 1. The SMILES string of the molecule is Cc1cc(OCc2cc(F)ccc2C(N)=S)ccc1Br. The third kappa shape index (κ3) is 3.55. The average Bonchev–Trinajstić information content (AvgIpc) is 2.40. The fourth-order valence-corrected chi connectivity index (χ4v) is 2.24. The van der Waals surface area contributed by atoms with Crippen molar-refractivity contribution >= 4 is 33.1 Å². The second-order valence-electron chi connectivity index (χ2n) is 4.37. The van der Waals surface area contributed by atoms with Crippen LogP contribution in [0.3, 0.4) is 0 Å². The van der Waals surface area contributed by atoms with Gasteiger partial charge in [0, 0.05) is 15.6 Å². The molecule has 0 atom stereocenters. The highest BCUT2D eigenvalue weighted by Crippen LogP contribution is 2.23. The van der Waals surface area contributed by atoms with E-state index in [0.717, 1.165) is 10.0 Å².